The quantitative estimate of drug-likeness (QED) is 0.0306. The summed E-state index contributed by atoms with van der Waals surface area (Å²) in [6.45, 7) is 32.7. The van der Waals surface area contributed by atoms with E-state index < -0.39 is 0 Å². The fourth-order valence-corrected chi connectivity index (χ4v) is 11.2. The van der Waals surface area contributed by atoms with Gasteiger partial charge in [-0.2, -0.15) is 0 Å². The van der Waals surface area contributed by atoms with Crippen molar-refractivity contribution in [1.29, 1.82) is 0 Å². The minimum Gasteiger partial charge on any atom is -0.383 e. The summed E-state index contributed by atoms with van der Waals surface area (Å²) in [4.78, 5) is 78.3. The number of carbonyl (C=O) groups excluding carboxylic acids is 6. The second kappa shape index (κ2) is 43.0. The van der Waals surface area contributed by atoms with E-state index in [0.29, 0.717) is 66.0 Å². The molecule has 1 atom stereocenters. The largest absolute Gasteiger partial charge is 0.383 e. The number of ether oxygens (including phenoxy) is 1. The van der Waals surface area contributed by atoms with Crippen LogP contribution in [0.15, 0.2) is 121 Å². The summed E-state index contributed by atoms with van der Waals surface area (Å²) >= 11 is 0. The molecule has 16 nitrogen and oxygen atoms in total. The van der Waals surface area contributed by atoms with E-state index in [4.69, 9.17) is 4.74 Å². The van der Waals surface area contributed by atoms with Crippen LogP contribution >= 0.6 is 0 Å². The molecule has 1 saturated carbocycles. The van der Waals surface area contributed by atoms with Crippen LogP contribution in [0.1, 0.15) is 249 Å². The number of likely N-dealkylation sites (tertiary alicyclic amines) is 3. The summed E-state index contributed by atoms with van der Waals surface area (Å²) in [6, 6.07) is 40.0. The molecule has 0 spiro atoms. The Bertz CT molecular complexity index is 3020. The molecule has 1 unspecified atom stereocenters. The van der Waals surface area contributed by atoms with Gasteiger partial charge in [0.2, 0.25) is 5.91 Å². The molecule has 6 amide bonds. The second-order valence-electron chi connectivity index (χ2n) is 27.3. The van der Waals surface area contributed by atoms with Crippen LogP contribution in [0.2, 0.25) is 0 Å². The number of amides is 6. The Morgan fingerprint density at radius 1 is 0.389 bits per heavy atom. The Balaban J connectivity index is 0.000000216. The lowest BCUT2D eigenvalue weighted by Crippen LogP contribution is -2.39. The lowest BCUT2D eigenvalue weighted by atomic mass is 10.00. The smallest absolute Gasteiger partial charge is 0.251 e. The Hall–Kier alpha value is -7.24. The molecule has 6 N–H and O–H groups in total. The van der Waals surface area contributed by atoms with E-state index in [2.05, 4.69) is 135 Å². The number of nitrogens with one attached hydrogen (secondary N) is 6. The Morgan fingerprint density at radius 2 is 0.695 bits per heavy atom. The summed E-state index contributed by atoms with van der Waals surface area (Å²) in [6.07, 6.45) is 13.6. The van der Waals surface area contributed by atoms with Crippen molar-refractivity contribution in [2.45, 2.75) is 182 Å². The van der Waals surface area contributed by atoms with Crippen LogP contribution in [0.5, 0.6) is 0 Å². The van der Waals surface area contributed by atoms with Gasteiger partial charge in [0.05, 0.1) is 13.2 Å². The fraction of sp³-hybridized carbons (Fsp3) is 0.544. The summed E-state index contributed by atoms with van der Waals surface area (Å²) < 4.78 is 4.86. The Morgan fingerprint density at radius 3 is 1.01 bits per heavy atom. The van der Waals surface area contributed by atoms with E-state index >= 15 is 0 Å². The molecule has 1 aliphatic carbocycles. The van der Waals surface area contributed by atoms with Crippen LogP contribution in [0, 0.1) is 0 Å². The first-order chi connectivity index (χ1) is 45.6. The van der Waals surface area contributed by atoms with Crippen molar-refractivity contribution in [2.24, 2.45) is 0 Å². The predicted octanol–water partition coefficient (Wildman–Crippen LogP) is 13.1. The molecule has 3 aliphatic heterocycles. The van der Waals surface area contributed by atoms with E-state index in [1.54, 1.807) is 19.2 Å². The van der Waals surface area contributed by atoms with Gasteiger partial charge in [-0.15, -0.1) is 0 Å². The molecule has 3 heterocycles. The standard InChI is InChI=1S/C18H28N2O.C17H26N2O.C16H24N2O.C15H20N2O2.C13H19NO2/c1-14(2)15-7-9-16(10-8-15)18(21)19-12-11-17-6-4-5-13-20(17)3;1-14(2)15-6-8-16(9-7-15)17(20)18-10-13-19-11-4-3-5-12-19;1-13(2)14-5-7-15(8-6-14)16(19)17-9-12-18-10-3-4-11-18;1-10(2)11-3-5-12(6-4-11)15(19)16-9-14(18)17-13-7-8-13;1-10(2)11-4-6-12(7-5-11)13(15)14-8-9-16-3/h7-10,14,17H,4-6,11-13H2,1-3H3,(H,19,21);6-9,14H,3-5,10-13H2,1-2H3,(H,18,20);5-8,13H,3-4,9-12H2,1-2H3,(H,17,19);3-6,10,13H,7-9H2,1-2H3,(H,16,19)(H,17,18);4-7,10H,8-9H2,1-3H3,(H,14,15). The maximum atomic E-state index is 12.1. The molecular formula is C79H117N9O7. The van der Waals surface area contributed by atoms with Gasteiger partial charge in [-0.3, -0.25) is 28.8 Å². The van der Waals surface area contributed by atoms with Crippen molar-refractivity contribution >= 4 is 35.4 Å². The van der Waals surface area contributed by atoms with Crippen LogP contribution in [0.3, 0.4) is 0 Å². The van der Waals surface area contributed by atoms with Crippen molar-refractivity contribution in [1.82, 2.24) is 46.6 Å². The zero-order valence-corrected chi connectivity index (χ0v) is 59.8. The average Bonchev–Trinajstić information content (AvgIpc) is 3.12. The number of rotatable bonds is 25. The minimum atomic E-state index is -0.207. The first-order valence-electron chi connectivity index (χ1n) is 35.5. The van der Waals surface area contributed by atoms with Crippen LogP contribution in [-0.4, -0.2) is 162 Å². The highest BCUT2D eigenvalue weighted by Crippen LogP contribution is 2.22. The number of carbonyl (C=O) groups is 6. The highest BCUT2D eigenvalue weighted by molar-refractivity contribution is 5.97. The summed E-state index contributed by atoms with van der Waals surface area (Å²) in [5.74, 6) is 2.20. The van der Waals surface area contributed by atoms with E-state index in [0.717, 1.165) is 68.7 Å². The predicted molar refractivity (Wildman–Crippen MR) is 388 cm³/mol. The van der Waals surface area contributed by atoms with Crippen LogP contribution in [-0.2, 0) is 9.53 Å². The molecule has 5 aromatic carbocycles. The number of methoxy groups -OCH3 is 1. The third kappa shape index (κ3) is 30.2. The molecule has 95 heavy (non-hydrogen) atoms. The lowest BCUT2D eigenvalue weighted by Gasteiger charge is -2.32. The number of nitrogens with zero attached hydrogens (tertiary/aromatic N) is 3. The SMILES string of the molecule is CC(C)c1ccc(C(=O)NCC(=O)NC2CC2)cc1.CC(C)c1ccc(C(=O)NCCC2CCCCN2C)cc1.CC(C)c1ccc(C(=O)NCCN2CCCC2)cc1.CC(C)c1ccc(C(=O)NCCN2CCCCC2)cc1.COCCNC(=O)c1ccc(C(C)C)cc1. The van der Waals surface area contributed by atoms with Crippen LogP contribution < -0.4 is 31.9 Å². The first kappa shape index (κ1) is 78.5. The molecule has 4 aliphatic rings. The molecule has 16 heteroatoms. The van der Waals surface area contributed by atoms with Crippen molar-refractivity contribution < 1.29 is 33.5 Å². The van der Waals surface area contributed by atoms with Crippen molar-refractivity contribution in [2.75, 3.05) is 99.3 Å². The van der Waals surface area contributed by atoms with Gasteiger partial charge < -0.3 is 51.3 Å². The topological polar surface area (TPSA) is 194 Å². The first-order valence-corrected chi connectivity index (χ1v) is 35.5. The maximum absolute atomic E-state index is 12.1. The molecule has 4 fully saturated rings. The fourth-order valence-electron chi connectivity index (χ4n) is 11.2. The summed E-state index contributed by atoms with van der Waals surface area (Å²) in [7, 11) is 3.81. The normalized spacial score (nSPS) is 15.6. The van der Waals surface area contributed by atoms with E-state index in [1.165, 1.54) is 112 Å². The van der Waals surface area contributed by atoms with Gasteiger partial charge in [-0.05, 0) is 216 Å². The molecule has 0 bridgehead atoms. The highest BCUT2D eigenvalue weighted by Gasteiger charge is 2.24. The van der Waals surface area contributed by atoms with E-state index in [-0.39, 0.29) is 42.0 Å². The molecule has 0 aromatic heterocycles. The minimum absolute atomic E-state index is 0.0366. The number of benzene rings is 5. The van der Waals surface area contributed by atoms with Gasteiger partial charge in [-0.1, -0.05) is 143 Å². The molecular weight excluding hydrogens is 1190 g/mol. The van der Waals surface area contributed by atoms with Crippen molar-refractivity contribution in [3.8, 4) is 0 Å². The van der Waals surface area contributed by atoms with Crippen LogP contribution in [0.4, 0.5) is 0 Å². The molecule has 3 saturated heterocycles. The molecule has 520 valence electrons. The maximum Gasteiger partial charge on any atom is 0.251 e. The highest BCUT2D eigenvalue weighted by atomic mass is 16.5. The van der Waals surface area contributed by atoms with Gasteiger partial charge in [0.25, 0.3) is 29.5 Å². The molecule has 9 rings (SSSR count). The number of hydrogen-bond acceptors (Lipinski definition) is 10. The van der Waals surface area contributed by atoms with Gasteiger partial charge in [0.1, 0.15) is 0 Å². The summed E-state index contributed by atoms with van der Waals surface area (Å²) in [5, 5.41) is 17.3. The van der Waals surface area contributed by atoms with Gasteiger partial charge in [0.15, 0.2) is 0 Å². The van der Waals surface area contributed by atoms with Crippen molar-refractivity contribution in [3.63, 3.8) is 0 Å². The van der Waals surface area contributed by atoms with E-state index in [9.17, 15) is 28.8 Å². The summed E-state index contributed by atoms with van der Waals surface area (Å²) in [5.41, 5.74) is 9.81. The average molecular weight is 1300 g/mol. The third-order valence-electron chi connectivity index (χ3n) is 17.9. The van der Waals surface area contributed by atoms with Crippen LogP contribution in [0.25, 0.3) is 0 Å². The van der Waals surface area contributed by atoms with Crippen molar-refractivity contribution in [3.05, 3.63) is 177 Å². The molecule has 5 aromatic rings. The number of hydrogen-bond donors (Lipinski definition) is 6. The van der Waals surface area contributed by atoms with E-state index in [1.807, 2.05) is 97.1 Å². The van der Waals surface area contributed by atoms with Gasteiger partial charge in [0, 0.05) is 86.3 Å². The molecule has 0 radical (unpaired) electrons. The Kier molecular flexibility index (Phi) is 35.5. The second-order valence-corrected chi connectivity index (χ2v) is 27.3. The number of piperidine rings is 2. The van der Waals surface area contributed by atoms with Gasteiger partial charge in [-0.25, -0.2) is 0 Å². The third-order valence-corrected chi connectivity index (χ3v) is 17.9. The lowest BCUT2D eigenvalue weighted by molar-refractivity contribution is -0.120. The zero-order chi connectivity index (χ0) is 69.1. The monoisotopic (exact) mass is 1300 g/mol. The van der Waals surface area contributed by atoms with Gasteiger partial charge >= 0.3 is 0 Å². The Labute approximate surface area is 570 Å². The zero-order valence-electron chi connectivity index (χ0n) is 59.8.